The number of nitrogens with one attached hydrogen (secondary N) is 2. The van der Waals surface area contributed by atoms with Gasteiger partial charge in [-0.05, 0) is 68.1 Å². The highest BCUT2D eigenvalue weighted by atomic mass is 19.4. The predicted octanol–water partition coefficient (Wildman–Crippen LogP) is 5.23. The molecule has 2 amide bonds. The number of amides is 2. The summed E-state index contributed by atoms with van der Waals surface area (Å²) >= 11 is 0. The van der Waals surface area contributed by atoms with Crippen molar-refractivity contribution in [3.63, 3.8) is 0 Å². The molecule has 5 nitrogen and oxygen atoms in total. The number of hydrogen-bond donors (Lipinski definition) is 2. The van der Waals surface area contributed by atoms with Gasteiger partial charge in [0.1, 0.15) is 11.6 Å². The van der Waals surface area contributed by atoms with Crippen LogP contribution in [0.1, 0.15) is 36.8 Å². The van der Waals surface area contributed by atoms with E-state index in [1.54, 1.807) is 0 Å². The van der Waals surface area contributed by atoms with Gasteiger partial charge in [0.05, 0.1) is 29.0 Å². The highest BCUT2D eigenvalue weighted by Crippen LogP contribution is 2.31. The van der Waals surface area contributed by atoms with E-state index in [4.69, 9.17) is 10.00 Å². The van der Waals surface area contributed by atoms with Gasteiger partial charge in [0.25, 0.3) is 0 Å². The van der Waals surface area contributed by atoms with Gasteiger partial charge in [-0.2, -0.15) is 18.4 Å². The molecule has 158 valence electrons. The summed E-state index contributed by atoms with van der Waals surface area (Å²) < 4.78 is 57.4. The number of urea groups is 1. The predicted molar refractivity (Wildman–Crippen MR) is 101 cm³/mol. The van der Waals surface area contributed by atoms with Crippen LogP contribution in [-0.4, -0.2) is 18.2 Å². The molecule has 0 atom stereocenters. The van der Waals surface area contributed by atoms with Gasteiger partial charge in [-0.15, -0.1) is 0 Å². The zero-order chi connectivity index (χ0) is 21.7. The molecule has 0 radical (unpaired) electrons. The second kappa shape index (κ2) is 9.03. The lowest BCUT2D eigenvalue weighted by Crippen LogP contribution is -2.41. The minimum absolute atomic E-state index is 0.0224. The number of alkyl halides is 3. The van der Waals surface area contributed by atoms with E-state index in [0.717, 1.165) is 18.2 Å². The molecule has 9 heteroatoms. The van der Waals surface area contributed by atoms with Gasteiger partial charge in [0, 0.05) is 6.04 Å². The maximum absolute atomic E-state index is 13.9. The van der Waals surface area contributed by atoms with Gasteiger partial charge < -0.3 is 15.4 Å². The fourth-order valence-corrected chi connectivity index (χ4v) is 3.27. The van der Waals surface area contributed by atoms with Gasteiger partial charge in [0.15, 0.2) is 0 Å². The van der Waals surface area contributed by atoms with Gasteiger partial charge in [0.2, 0.25) is 0 Å². The number of nitriles is 1. The van der Waals surface area contributed by atoms with Crippen LogP contribution in [0.4, 0.5) is 28.0 Å². The van der Waals surface area contributed by atoms with E-state index >= 15 is 0 Å². The number of rotatable bonds is 4. The van der Waals surface area contributed by atoms with E-state index in [1.165, 1.54) is 24.3 Å². The topological polar surface area (TPSA) is 74.2 Å². The molecule has 0 spiro atoms. The summed E-state index contributed by atoms with van der Waals surface area (Å²) in [5.41, 5.74) is -0.594. The number of carbonyl (C=O) groups excluding carboxylic acids is 1. The minimum atomic E-state index is -4.39. The second-order valence-corrected chi connectivity index (χ2v) is 7.02. The van der Waals surface area contributed by atoms with Gasteiger partial charge >= 0.3 is 12.2 Å². The smallest absolute Gasteiger partial charge is 0.416 e. The highest BCUT2D eigenvalue weighted by molar-refractivity contribution is 5.89. The Labute approximate surface area is 170 Å². The first-order valence-corrected chi connectivity index (χ1v) is 9.35. The lowest BCUT2D eigenvalue weighted by molar-refractivity contribution is -0.137. The van der Waals surface area contributed by atoms with E-state index in [9.17, 15) is 22.4 Å². The number of halogens is 4. The Hall–Kier alpha value is -3.28. The number of nitrogens with zero attached hydrogens (tertiary/aromatic N) is 1. The lowest BCUT2D eigenvalue weighted by atomic mass is 9.93. The van der Waals surface area contributed by atoms with Crippen LogP contribution in [0.3, 0.4) is 0 Å². The monoisotopic (exact) mass is 421 g/mol. The minimum Gasteiger partial charge on any atom is -0.490 e. The second-order valence-electron chi connectivity index (χ2n) is 7.02. The zero-order valence-corrected chi connectivity index (χ0v) is 15.8. The number of anilines is 1. The van der Waals surface area contributed by atoms with Crippen LogP contribution < -0.4 is 15.4 Å². The molecule has 0 unspecified atom stereocenters. The maximum Gasteiger partial charge on any atom is 0.416 e. The summed E-state index contributed by atoms with van der Waals surface area (Å²) in [6, 6.07) is 9.47. The SMILES string of the molecule is N#Cc1ccc(NC(=O)N[C@H]2CC[C@H](Oc3ccc(C(F)(F)F)cc3)CC2)c(F)c1. The van der Waals surface area contributed by atoms with Gasteiger partial charge in [-0.3, -0.25) is 0 Å². The molecule has 0 aliphatic heterocycles. The van der Waals surface area contributed by atoms with E-state index in [2.05, 4.69) is 10.6 Å². The number of carbonyl (C=O) groups is 1. The first kappa shape index (κ1) is 21.4. The van der Waals surface area contributed by atoms with Crippen molar-refractivity contribution in [3.8, 4) is 11.8 Å². The molecule has 3 rings (SSSR count). The van der Waals surface area contributed by atoms with Crippen molar-refractivity contribution in [2.45, 2.75) is 44.0 Å². The number of hydrogen-bond acceptors (Lipinski definition) is 3. The molecule has 0 aromatic heterocycles. The summed E-state index contributed by atoms with van der Waals surface area (Å²) in [5, 5.41) is 13.9. The molecule has 30 heavy (non-hydrogen) atoms. The maximum atomic E-state index is 13.9. The fourth-order valence-electron chi connectivity index (χ4n) is 3.27. The van der Waals surface area contributed by atoms with Crippen molar-refractivity contribution < 1.29 is 27.1 Å². The Bertz CT molecular complexity index is 931. The highest BCUT2D eigenvalue weighted by Gasteiger charge is 2.30. The van der Waals surface area contributed by atoms with Crippen molar-refractivity contribution in [3.05, 3.63) is 59.4 Å². The molecule has 1 fully saturated rings. The number of ether oxygens (including phenoxy) is 1. The molecule has 0 saturated heterocycles. The molecule has 1 aliphatic rings. The average molecular weight is 421 g/mol. The molecule has 1 saturated carbocycles. The van der Waals surface area contributed by atoms with Crippen LogP contribution in [0.5, 0.6) is 5.75 Å². The first-order chi connectivity index (χ1) is 14.2. The Morgan fingerprint density at radius 2 is 1.73 bits per heavy atom. The summed E-state index contributed by atoms with van der Waals surface area (Å²) in [6.45, 7) is 0. The summed E-state index contributed by atoms with van der Waals surface area (Å²) in [4.78, 5) is 12.1. The fraction of sp³-hybridized carbons (Fsp3) is 0.333. The molecule has 1 aliphatic carbocycles. The van der Waals surface area contributed by atoms with E-state index in [-0.39, 0.29) is 23.4 Å². The van der Waals surface area contributed by atoms with Crippen molar-refractivity contribution in [2.24, 2.45) is 0 Å². The molecule has 0 heterocycles. The normalized spacial score (nSPS) is 18.9. The number of benzene rings is 2. The third-order valence-corrected chi connectivity index (χ3v) is 4.84. The Kier molecular flexibility index (Phi) is 6.45. The zero-order valence-electron chi connectivity index (χ0n) is 15.8. The van der Waals surface area contributed by atoms with Crippen LogP contribution in [0.25, 0.3) is 0 Å². The Morgan fingerprint density at radius 1 is 1.07 bits per heavy atom. The Balaban J connectivity index is 1.45. The van der Waals surface area contributed by atoms with Crippen molar-refractivity contribution in [2.75, 3.05) is 5.32 Å². The first-order valence-electron chi connectivity index (χ1n) is 9.35. The molecule has 2 N–H and O–H groups in total. The molecular weight excluding hydrogens is 402 g/mol. The molecular formula is C21H19F4N3O2. The third-order valence-electron chi connectivity index (χ3n) is 4.84. The summed E-state index contributed by atoms with van der Waals surface area (Å²) in [6.07, 6.45) is -2.06. The largest absolute Gasteiger partial charge is 0.490 e. The van der Waals surface area contributed by atoms with E-state index in [1.807, 2.05) is 6.07 Å². The van der Waals surface area contributed by atoms with E-state index in [0.29, 0.717) is 31.4 Å². The average Bonchev–Trinajstić information content (AvgIpc) is 2.70. The van der Waals surface area contributed by atoms with Gasteiger partial charge in [-0.25, -0.2) is 9.18 Å². The standard InChI is InChI=1S/C21H19F4N3O2/c22-18-11-13(12-26)1-10-19(18)28-20(29)27-15-4-8-17(9-5-15)30-16-6-2-14(3-7-16)21(23,24)25/h1-3,6-7,10-11,15,17H,4-5,8-9H2,(H2,27,28,29)/t15-,17-. The third kappa shape index (κ3) is 5.63. The van der Waals surface area contributed by atoms with Crippen molar-refractivity contribution in [1.82, 2.24) is 5.32 Å². The quantitative estimate of drug-likeness (QED) is 0.664. The summed E-state index contributed by atoms with van der Waals surface area (Å²) in [7, 11) is 0. The van der Waals surface area contributed by atoms with Crippen molar-refractivity contribution in [1.29, 1.82) is 5.26 Å². The van der Waals surface area contributed by atoms with Crippen LogP contribution >= 0.6 is 0 Å². The van der Waals surface area contributed by atoms with Crippen LogP contribution in [0.2, 0.25) is 0 Å². The lowest BCUT2D eigenvalue weighted by Gasteiger charge is -2.29. The molecule has 0 bridgehead atoms. The van der Waals surface area contributed by atoms with Gasteiger partial charge in [-0.1, -0.05) is 0 Å². The Morgan fingerprint density at radius 3 is 2.30 bits per heavy atom. The van der Waals surface area contributed by atoms with Crippen LogP contribution in [0.15, 0.2) is 42.5 Å². The van der Waals surface area contributed by atoms with Crippen LogP contribution in [-0.2, 0) is 6.18 Å². The van der Waals surface area contributed by atoms with E-state index < -0.39 is 23.6 Å². The van der Waals surface area contributed by atoms with Crippen molar-refractivity contribution >= 4 is 11.7 Å². The molecule has 2 aromatic rings. The van der Waals surface area contributed by atoms with Crippen LogP contribution in [0, 0.1) is 17.1 Å². The molecule has 2 aromatic carbocycles. The summed E-state index contributed by atoms with van der Waals surface area (Å²) in [5.74, 6) is -0.328.